The van der Waals surface area contributed by atoms with Crippen LogP contribution in [0.1, 0.15) is 58.3 Å². The summed E-state index contributed by atoms with van der Waals surface area (Å²) in [6.45, 7) is 2.35. The lowest BCUT2D eigenvalue weighted by atomic mass is 9.81. The van der Waals surface area contributed by atoms with Crippen LogP contribution in [0.4, 0.5) is 4.79 Å². The zero-order chi connectivity index (χ0) is 23.7. The normalized spacial score (nSPS) is 20.1. The highest BCUT2D eigenvalue weighted by Crippen LogP contribution is 2.31. The van der Waals surface area contributed by atoms with E-state index in [4.69, 9.17) is 21.6 Å². The van der Waals surface area contributed by atoms with E-state index in [-0.39, 0.29) is 24.9 Å². The zero-order valence-electron chi connectivity index (χ0n) is 18.8. The number of hydrogen-bond donors (Lipinski definition) is 4. The van der Waals surface area contributed by atoms with Gasteiger partial charge in [0.1, 0.15) is 12.3 Å². The second kappa shape index (κ2) is 12.4. The molecule has 32 heavy (non-hydrogen) atoms. The Morgan fingerprint density at radius 3 is 2.56 bits per heavy atom. The third-order valence-electron chi connectivity index (χ3n) is 6.13. The summed E-state index contributed by atoms with van der Waals surface area (Å²) in [5.74, 6) is -0.666. The molecule has 11 nitrogen and oxygen atoms in total. The van der Waals surface area contributed by atoms with Gasteiger partial charge in [0.2, 0.25) is 5.91 Å². The maximum atomic E-state index is 13.4. The molecule has 11 heteroatoms. The lowest BCUT2D eigenvalue weighted by Crippen LogP contribution is -2.56. The van der Waals surface area contributed by atoms with Gasteiger partial charge in [0, 0.05) is 13.1 Å². The minimum absolute atomic E-state index is 0.0413. The molecule has 0 aromatic rings. The highest BCUT2D eigenvalue weighted by atomic mass is 16.6. The second-order valence-electron chi connectivity index (χ2n) is 8.42. The van der Waals surface area contributed by atoms with Crippen molar-refractivity contribution in [2.24, 2.45) is 17.4 Å². The van der Waals surface area contributed by atoms with E-state index in [0.717, 1.165) is 24.2 Å². The van der Waals surface area contributed by atoms with Crippen molar-refractivity contribution in [1.29, 1.82) is 5.41 Å². The number of carbonyl (C=O) groups excluding carboxylic acids is 4. The number of hydrogen-bond acceptors (Lipinski definition) is 7. The third kappa shape index (κ3) is 6.65. The standard InChI is InChI=1S/C21H36N6O5/c1-2-32-21(31)27(15(13-28)8-4-10-25-20(23)24)19(30)17-9-5-11-26(17)18(29)16(22)12-14-6-3-7-14/h13-17H,2-12,22H2,1H3,(H4,23,24,25)/t15-,16?,17-/m0/s1. The fourth-order valence-electron chi connectivity index (χ4n) is 4.22. The largest absolute Gasteiger partial charge is 0.449 e. The van der Waals surface area contributed by atoms with Crippen LogP contribution in [-0.4, -0.2) is 77.8 Å². The van der Waals surface area contributed by atoms with Crippen LogP contribution in [0.15, 0.2) is 0 Å². The molecule has 2 fully saturated rings. The molecular weight excluding hydrogens is 416 g/mol. The summed E-state index contributed by atoms with van der Waals surface area (Å²) in [4.78, 5) is 53.1. The quantitative estimate of drug-likeness (QED) is 0.150. The second-order valence-corrected chi connectivity index (χ2v) is 8.42. The number of nitrogens with two attached hydrogens (primary N) is 2. The van der Waals surface area contributed by atoms with Gasteiger partial charge in [-0.2, -0.15) is 0 Å². The molecule has 1 saturated carbocycles. The Morgan fingerprint density at radius 2 is 2.00 bits per heavy atom. The van der Waals surface area contributed by atoms with Crippen molar-refractivity contribution in [3.63, 3.8) is 0 Å². The molecule has 2 aliphatic rings. The van der Waals surface area contributed by atoms with Crippen molar-refractivity contribution in [1.82, 2.24) is 15.1 Å². The molecule has 1 saturated heterocycles. The number of rotatable bonds is 11. The molecule has 0 aromatic heterocycles. The van der Waals surface area contributed by atoms with Crippen molar-refractivity contribution in [2.75, 3.05) is 19.7 Å². The molecule has 180 valence electrons. The Kier molecular flexibility index (Phi) is 9.89. The molecule has 0 aromatic carbocycles. The van der Waals surface area contributed by atoms with Gasteiger partial charge in [0.25, 0.3) is 5.91 Å². The Labute approximate surface area is 188 Å². The summed E-state index contributed by atoms with van der Waals surface area (Å²) in [6, 6.07) is -2.57. The van der Waals surface area contributed by atoms with Gasteiger partial charge >= 0.3 is 6.09 Å². The van der Waals surface area contributed by atoms with Crippen molar-refractivity contribution in [3.05, 3.63) is 0 Å². The average Bonchev–Trinajstić information content (AvgIpc) is 3.21. The van der Waals surface area contributed by atoms with Gasteiger partial charge in [0.15, 0.2) is 5.96 Å². The molecule has 1 aliphatic heterocycles. The van der Waals surface area contributed by atoms with E-state index in [1.54, 1.807) is 6.92 Å². The van der Waals surface area contributed by atoms with Crippen LogP contribution in [0.5, 0.6) is 0 Å². The Morgan fingerprint density at radius 1 is 1.28 bits per heavy atom. The summed E-state index contributed by atoms with van der Waals surface area (Å²) in [5, 5.41) is 9.80. The van der Waals surface area contributed by atoms with Gasteiger partial charge < -0.3 is 31.2 Å². The van der Waals surface area contributed by atoms with Gasteiger partial charge in [-0.25, -0.2) is 9.69 Å². The van der Waals surface area contributed by atoms with Gasteiger partial charge in [-0.3, -0.25) is 15.0 Å². The molecule has 2 rings (SSSR count). The van der Waals surface area contributed by atoms with E-state index in [9.17, 15) is 19.2 Å². The summed E-state index contributed by atoms with van der Waals surface area (Å²) in [7, 11) is 0. The number of amides is 3. The summed E-state index contributed by atoms with van der Waals surface area (Å²) >= 11 is 0. The van der Waals surface area contributed by atoms with Gasteiger partial charge in [-0.1, -0.05) is 19.3 Å². The van der Waals surface area contributed by atoms with E-state index >= 15 is 0 Å². The van der Waals surface area contributed by atoms with Crippen LogP contribution >= 0.6 is 0 Å². The van der Waals surface area contributed by atoms with Crippen LogP contribution < -0.4 is 16.8 Å². The third-order valence-corrected chi connectivity index (χ3v) is 6.13. The van der Waals surface area contributed by atoms with Gasteiger partial charge in [-0.05, 0) is 44.9 Å². The smallest absolute Gasteiger partial charge is 0.417 e. The van der Waals surface area contributed by atoms with Crippen LogP contribution in [0.2, 0.25) is 0 Å². The number of likely N-dealkylation sites (tertiary alicyclic amines) is 1. The Hall–Kier alpha value is -2.69. The number of nitrogens with zero attached hydrogens (tertiary/aromatic N) is 2. The number of carbonyl (C=O) groups is 4. The first-order valence-corrected chi connectivity index (χ1v) is 11.4. The highest BCUT2D eigenvalue weighted by Gasteiger charge is 2.42. The van der Waals surface area contributed by atoms with Crippen LogP contribution in [0.25, 0.3) is 0 Å². The number of ether oxygens (including phenoxy) is 1. The van der Waals surface area contributed by atoms with Crippen molar-refractivity contribution < 1.29 is 23.9 Å². The molecule has 6 N–H and O–H groups in total. The first-order chi connectivity index (χ1) is 15.3. The number of imide groups is 1. The monoisotopic (exact) mass is 452 g/mol. The van der Waals surface area contributed by atoms with Crippen LogP contribution in [0.3, 0.4) is 0 Å². The molecule has 0 spiro atoms. The summed E-state index contributed by atoms with van der Waals surface area (Å²) < 4.78 is 5.04. The topological polar surface area (TPSA) is 172 Å². The molecule has 1 unspecified atom stereocenters. The van der Waals surface area contributed by atoms with E-state index in [0.29, 0.717) is 51.0 Å². The number of guanidine groups is 1. The van der Waals surface area contributed by atoms with Gasteiger partial charge in [0.05, 0.1) is 18.7 Å². The van der Waals surface area contributed by atoms with Crippen molar-refractivity contribution in [2.45, 2.75) is 76.4 Å². The summed E-state index contributed by atoms with van der Waals surface area (Å²) in [6.07, 6.45) is 5.09. The zero-order valence-corrected chi connectivity index (χ0v) is 18.8. The average molecular weight is 453 g/mol. The lowest BCUT2D eigenvalue weighted by molar-refractivity contribution is -0.145. The molecule has 1 aliphatic carbocycles. The van der Waals surface area contributed by atoms with E-state index in [1.165, 1.54) is 4.90 Å². The molecule has 1 heterocycles. The van der Waals surface area contributed by atoms with Crippen molar-refractivity contribution >= 4 is 30.2 Å². The predicted molar refractivity (Wildman–Crippen MR) is 118 cm³/mol. The van der Waals surface area contributed by atoms with Crippen LogP contribution in [-0.2, 0) is 19.1 Å². The molecule has 3 atom stereocenters. The molecule has 0 bridgehead atoms. The first-order valence-electron chi connectivity index (χ1n) is 11.4. The number of aldehydes is 1. The predicted octanol–water partition coefficient (Wildman–Crippen LogP) is 0.311. The highest BCUT2D eigenvalue weighted by molar-refractivity contribution is 5.99. The Bertz CT molecular complexity index is 698. The molecular formula is C21H36N6O5. The molecule has 0 radical (unpaired) electrons. The summed E-state index contributed by atoms with van der Waals surface area (Å²) in [5.41, 5.74) is 11.4. The van der Waals surface area contributed by atoms with Crippen molar-refractivity contribution in [3.8, 4) is 0 Å². The molecule has 3 amide bonds. The Balaban J connectivity index is 2.11. The van der Waals surface area contributed by atoms with E-state index in [1.807, 2.05) is 0 Å². The fourth-order valence-corrected chi connectivity index (χ4v) is 4.22. The number of nitrogens with one attached hydrogen (secondary N) is 2. The van der Waals surface area contributed by atoms with E-state index < -0.39 is 30.1 Å². The lowest BCUT2D eigenvalue weighted by Gasteiger charge is -2.34. The maximum absolute atomic E-state index is 13.4. The maximum Gasteiger partial charge on any atom is 0.417 e. The van der Waals surface area contributed by atoms with Crippen LogP contribution in [0, 0.1) is 11.3 Å². The van der Waals surface area contributed by atoms with E-state index in [2.05, 4.69) is 5.32 Å². The minimum Gasteiger partial charge on any atom is -0.449 e. The SMILES string of the molecule is CCOC(=O)N(C(=O)[C@@H]1CCCN1C(=O)C(N)CC1CCC1)[C@H](C=O)CCCNC(=N)N. The minimum atomic E-state index is -1.04. The van der Waals surface area contributed by atoms with Gasteiger partial charge in [-0.15, -0.1) is 0 Å². The first kappa shape index (κ1) is 25.6. The fraction of sp³-hybridized carbons (Fsp3) is 0.762.